The number of rotatable bonds is 0. The average Bonchev–Trinajstić information content (AvgIpc) is 2.42. The van der Waals surface area contributed by atoms with Crippen LogP contribution >= 0.6 is 31.9 Å². The predicted molar refractivity (Wildman–Crippen MR) is 55.3 cm³/mol. The minimum atomic E-state index is 0.946. The number of fused-ring (bicyclic) bond motifs is 1. The van der Waals surface area contributed by atoms with Gasteiger partial charge in [0.2, 0.25) is 0 Å². The molecule has 2 nitrogen and oxygen atoms in total. The molecule has 0 aromatic carbocycles. The summed E-state index contributed by atoms with van der Waals surface area (Å²) in [6.45, 7) is 2.05. The smallest absolute Gasteiger partial charge is 0.152 e. The highest BCUT2D eigenvalue weighted by atomic mass is 79.9. The topological polar surface area (TPSA) is 17.3 Å². The van der Waals surface area contributed by atoms with Gasteiger partial charge in [0, 0.05) is 5.69 Å². The minimum Gasteiger partial charge on any atom is -0.290 e. The highest BCUT2D eigenvalue weighted by Crippen LogP contribution is 2.22. The Morgan fingerprint density at radius 2 is 2.08 bits per heavy atom. The molecule has 2 rings (SSSR count). The third kappa shape index (κ3) is 1.10. The highest BCUT2D eigenvalue weighted by molar-refractivity contribution is 9.11. The second-order valence-electron chi connectivity index (χ2n) is 2.56. The van der Waals surface area contributed by atoms with Gasteiger partial charge < -0.3 is 0 Å². The quantitative estimate of drug-likeness (QED) is 0.728. The summed E-state index contributed by atoms with van der Waals surface area (Å²) in [4.78, 5) is 4.25. The fraction of sp³-hybridized carbons (Fsp3) is 0.125. The van der Waals surface area contributed by atoms with Gasteiger partial charge in [-0.05, 0) is 50.9 Å². The van der Waals surface area contributed by atoms with Crippen LogP contribution in [0.3, 0.4) is 0 Å². The number of hydrogen-bond donors (Lipinski definition) is 0. The standard InChI is InChI=1S/C8H6Br2N2/c1-5-2-3-6(9)8-11-4-7(10)12(5)8/h2-4H,1H3. The van der Waals surface area contributed by atoms with Gasteiger partial charge in [0.25, 0.3) is 0 Å². The number of aromatic nitrogens is 2. The van der Waals surface area contributed by atoms with E-state index >= 15 is 0 Å². The molecule has 0 radical (unpaired) electrons. The largest absolute Gasteiger partial charge is 0.290 e. The Hall–Kier alpha value is -0.350. The SMILES string of the molecule is Cc1ccc(Br)c2ncc(Br)n12. The molecule has 0 fully saturated rings. The van der Waals surface area contributed by atoms with Crippen molar-refractivity contribution in [3.8, 4) is 0 Å². The Morgan fingerprint density at radius 3 is 2.75 bits per heavy atom. The Labute approximate surface area is 86.9 Å². The van der Waals surface area contributed by atoms with Crippen molar-refractivity contribution in [3.05, 3.63) is 33.1 Å². The number of nitrogens with zero attached hydrogens (tertiary/aromatic N) is 2. The zero-order valence-corrected chi connectivity index (χ0v) is 9.55. The molecule has 0 unspecified atom stereocenters. The maximum atomic E-state index is 4.25. The molecule has 0 N–H and O–H groups in total. The number of hydrogen-bond acceptors (Lipinski definition) is 1. The first-order chi connectivity index (χ1) is 5.70. The van der Waals surface area contributed by atoms with Crippen LogP contribution in [0.15, 0.2) is 27.4 Å². The molecular weight excluding hydrogens is 284 g/mol. The molecule has 2 aromatic heterocycles. The van der Waals surface area contributed by atoms with E-state index in [-0.39, 0.29) is 0 Å². The molecular formula is C8H6Br2N2. The van der Waals surface area contributed by atoms with Gasteiger partial charge in [-0.25, -0.2) is 4.98 Å². The van der Waals surface area contributed by atoms with E-state index in [2.05, 4.69) is 36.8 Å². The van der Waals surface area contributed by atoms with Gasteiger partial charge in [-0.3, -0.25) is 4.40 Å². The molecule has 2 aromatic rings. The number of halogens is 2. The molecule has 0 atom stereocenters. The van der Waals surface area contributed by atoms with E-state index in [4.69, 9.17) is 0 Å². The van der Waals surface area contributed by atoms with Crippen LogP contribution in [0.2, 0.25) is 0 Å². The second-order valence-corrected chi connectivity index (χ2v) is 4.23. The van der Waals surface area contributed by atoms with Gasteiger partial charge in [-0.2, -0.15) is 0 Å². The lowest BCUT2D eigenvalue weighted by Gasteiger charge is -2.01. The maximum absolute atomic E-state index is 4.25. The molecule has 0 saturated heterocycles. The predicted octanol–water partition coefficient (Wildman–Crippen LogP) is 3.17. The Kier molecular flexibility index (Phi) is 1.96. The molecule has 62 valence electrons. The van der Waals surface area contributed by atoms with Crippen LogP contribution in [0.25, 0.3) is 5.65 Å². The van der Waals surface area contributed by atoms with E-state index in [9.17, 15) is 0 Å². The van der Waals surface area contributed by atoms with E-state index in [0.717, 1.165) is 20.4 Å². The summed E-state index contributed by atoms with van der Waals surface area (Å²) >= 11 is 6.87. The van der Waals surface area contributed by atoms with Crippen LogP contribution in [-0.2, 0) is 0 Å². The van der Waals surface area contributed by atoms with E-state index < -0.39 is 0 Å². The summed E-state index contributed by atoms with van der Waals surface area (Å²) < 4.78 is 4.04. The van der Waals surface area contributed by atoms with Crippen LogP contribution in [0.1, 0.15) is 5.69 Å². The molecule has 0 spiro atoms. The van der Waals surface area contributed by atoms with Crippen molar-refractivity contribution in [3.63, 3.8) is 0 Å². The van der Waals surface area contributed by atoms with E-state index in [1.807, 2.05) is 23.5 Å². The van der Waals surface area contributed by atoms with Gasteiger partial charge in [-0.15, -0.1) is 0 Å². The Balaban J connectivity index is 2.98. The molecule has 0 aliphatic rings. The fourth-order valence-electron chi connectivity index (χ4n) is 1.18. The van der Waals surface area contributed by atoms with Gasteiger partial charge in [-0.1, -0.05) is 0 Å². The zero-order chi connectivity index (χ0) is 8.72. The first-order valence-electron chi connectivity index (χ1n) is 3.48. The maximum Gasteiger partial charge on any atom is 0.152 e. The molecule has 0 aliphatic carbocycles. The molecule has 0 saturated carbocycles. The number of imidazole rings is 1. The van der Waals surface area contributed by atoms with Gasteiger partial charge in [0.05, 0.1) is 10.7 Å². The molecule has 0 aliphatic heterocycles. The van der Waals surface area contributed by atoms with E-state index in [1.165, 1.54) is 0 Å². The summed E-state index contributed by atoms with van der Waals surface area (Å²) in [5.41, 5.74) is 2.11. The van der Waals surface area contributed by atoms with Crippen molar-refractivity contribution in [1.29, 1.82) is 0 Å². The van der Waals surface area contributed by atoms with Crippen molar-refractivity contribution in [2.45, 2.75) is 6.92 Å². The third-order valence-corrected chi connectivity index (χ3v) is 2.93. The molecule has 0 amide bonds. The van der Waals surface area contributed by atoms with Gasteiger partial charge in [0.1, 0.15) is 4.60 Å². The molecule has 0 bridgehead atoms. The van der Waals surface area contributed by atoms with E-state index in [0.29, 0.717) is 0 Å². The third-order valence-electron chi connectivity index (χ3n) is 1.76. The monoisotopic (exact) mass is 288 g/mol. The van der Waals surface area contributed by atoms with Crippen LogP contribution in [0.4, 0.5) is 0 Å². The molecule has 2 heterocycles. The lowest BCUT2D eigenvalue weighted by Crippen LogP contribution is -1.90. The van der Waals surface area contributed by atoms with Crippen molar-refractivity contribution < 1.29 is 0 Å². The molecule has 12 heavy (non-hydrogen) atoms. The first kappa shape index (κ1) is 8.26. The lowest BCUT2D eigenvalue weighted by molar-refractivity contribution is 1.06. The van der Waals surface area contributed by atoms with Gasteiger partial charge in [0.15, 0.2) is 5.65 Å². The van der Waals surface area contributed by atoms with Crippen LogP contribution in [0.5, 0.6) is 0 Å². The Morgan fingerprint density at radius 1 is 1.33 bits per heavy atom. The highest BCUT2D eigenvalue weighted by Gasteiger charge is 2.05. The number of aryl methyl sites for hydroxylation is 1. The summed E-state index contributed by atoms with van der Waals surface area (Å²) in [5, 5.41) is 0. The number of pyridine rings is 1. The first-order valence-corrected chi connectivity index (χ1v) is 5.07. The normalized spacial score (nSPS) is 10.9. The summed E-state index contributed by atoms with van der Waals surface area (Å²) in [7, 11) is 0. The summed E-state index contributed by atoms with van der Waals surface area (Å²) in [6, 6.07) is 4.05. The summed E-state index contributed by atoms with van der Waals surface area (Å²) in [5.74, 6) is 0. The van der Waals surface area contributed by atoms with E-state index in [1.54, 1.807) is 6.20 Å². The van der Waals surface area contributed by atoms with Crippen LogP contribution in [-0.4, -0.2) is 9.38 Å². The van der Waals surface area contributed by atoms with Crippen LogP contribution < -0.4 is 0 Å². The average molecular weight is 290 g/mol. The fourth-order valence-corrected chi connectivity index (χ4v) is 2.14. The van der Waals surface area contributed by atoms with Crippen molar-refractivity contribution >= 4 is 37.5 Å². The van der Waals surface area contributed by atoms with Crippen molar-refractivity contribution in [1.82, 2.24) is 9.38 Å². The minimum absolute atomic E-state index is 0.946. The second kappa shape index (κ2) is 2.85. The zero-order valence-electron chi connectivity index (χ0n) is 6.38. The van der Waals surface area contributed by atoms with Crippen molar-refractivity contribution in [2.75, 3.05) is 0 Å². The molecule has 4 heteroatoms. The Bertz CT molecular complexity index is 434. The lowest BCUT2D eigenvalue weighted by atomic mass is 10.4. The summed E-state index contributed by atoms with van der Waals surface area (Å²) in [6.07, 6.45) is 1.80. The van der Waals surface area contributed by atoms with Crippen molar-refractivity contribution in [2.24, 2.45) is 0 Å². The van der Waals surface area contributed by atoms with Crippen LogP contribution in [0, 0.1) is 6.92 Å². The van der Waals surface area contributed by atoms with Gasteiger partial charge >= 0.3 is 0 Å².